The first-order valence-corrected chi connectivity index (χ1v) is 8.01. The van der Waals surface area contributed by atoms with Gasteiger partial charge in [0.2, 0.25) is 0 Å². The van der Waals surface area contributed by atoms with E-state index in [1.807, 2.05) is 6.34 Å². The molecule has 0 amide bonds. The van der Waals surface area contributed by atoms with E-state index in [4.69, 9.17) is 0 Å². The molecule has 0 bridgehead atoms. The summed E-state index contributed by atoms with van der Waals surface area (Å²) in [5.74, 6) is 0. The molecule has 0 radical (unpaired) electrons. The van der Waals surface area contributed by atoms with Gasteiger partial charge >= 0.3 is 0 Å². The smallest absolute Gasteiger partial charge is 0.0893 e. The molecule has 2 heteroatoms. The summed E-state index contributed by atoms with van der Waals surface area (Å²) in [6.45, 7) is 11.2. The summed E-state index contributed by atoms with van der Waals surface area (Å²) < 4.78 is 0. The van der Waals surface area contributed by atoms with Gasteiger partial charge in [-0.25, -0.2) is 0 Å². The maximum atomic E-state index is 4.28. The zero-order valence-electron chi connectivity index (χ0n) is 13.4. The molecule has 1 rings (SSSR count). The lowest BCUT2D eigenvalue weighted by atomic mass is 9.85. The molecule has 19 heavy (non-hydrogen) atoms. The van der Waals surface area contributed by atoms with Gasteiger partial charge in [-0.15, -0.1) is 0 Å². The van der Waals surface area contributed by atoms with Gasteiger partial charge in [0, 0.05) is 12.2 Å². The molecule has 0 fully saturated rings. The lowest BCUT2D eigenvalue weighted by molar-refractivity contribution is 0.397. The number of aliphatic imine (C=N–C) groups is 1. The van der Waals surface area contributed by atoms with E-state index in [0.29, 0.717) is 5.41 Å². The van der Waals surface area contributed by atoms with Crippen molar-refractivity contribution in [3.63, 3.8) is 0 Å². The first kappa shape index (κ1) is 16.3. The number of nitrogens with zero attached hydrogens (tertiary/aromatic N) is 2. The number of hydrogen-bond acceptors (Lipinski definition) is 2. The zero-order valence-corrected chi connectivity index (χ0v) is 13.4. The molecular weight excluding hydrogens is 232 g/mol. The zero-order chi connectivity index (χ0) is 14.1. The molecule has 0 aromatic heterocycles. The number of allylic oxidation sites excluding steroid dienone is 2. The Morgan fingerprint density at radius 3 is 2.53 bits per heavy atom. The van der Waals surface area contributed by atoms with Crippen molar-refractivity contribution >= 4 is 6.34 Å². The molecule has 1 aliphatic heterocycles. The minimum absolute atomic E-state index is 0.311. The number of unbranched alkanes of at least 4 members (excludes halogenated alkanes) is 5. The van der Waals surface area contributed by atoms with Crippen LogP contribution in [0, 0.1) is 5.41 Å². The summed E-state index contributed by atoms with van der Waals surface area (Å²) in [7, 11) is 0. The third-order valence-corrected chi connectivity index (χ3v) is 3.92. The molecule has 1 aliphatic rings. The predicted octanol–water partition coefficient (Wildman–Crippen LogP) is 5.01. The van der Waals surface area contributed by atoms with Gasteiger partial charge in [-0.2, -0.15) is 0 Å². The van der Waals surface area contributed by atoms with Gasteiger partial charge < -0.3 is 4.90 Å². The van der Waals surface area contributed by atoms with Crippen LogP contribution in [0.4, 0.5) is 0 Å². The maximum Gasteiger partial charge on any atom is 0.0893 e. The molecule has 0 saturated heterocycles. The molecule has 110 valence electrons. The van der Waals surface area contributed by atoms with Gasteiger partial charge in [0.05, 0.1) is 12.9 Å². The van der Waals surface area contributed by atoms with Crippen molar-refractivity contribution in [2.24, 2.45) is 10.4 Å². The van der Waals surface area contributed by atoms with Crippen LogP contribution in [0.5, 0.6) is 0 Å². The predicted molar refractivity (Wildman–Crippen MR) is 85.6 cm³/mol. The summed E-state index contributed by atoms with van der Waals surface area (Å²) >= 11 is 0. The monoisotopic (exact) mass is 264 g/mol. The van der Waals surface area contributed by atoms with Crippen molar-refractivity contribution in [1.29, 1.82) is 0 Å². The van der Waals surface area contributed by atoms with E-state index in [9.17, 15) is 0 Å². The minimum atomic E-state index is 0.311. The molecule has 0 atom stereocenters. The lowest BCUT2D eigenvalue weighted by Gasteiger charge is -2.24. The Labute approximate surface area is 120 Å². The fraction of sp³-hybridized carbons (Fsp3) is 0.824. The molecule has 0 spiro atoms. The van der Waals surface area contributed by atoms with Crippen molar-refractivity contribution in [2.45, 2.75) is 72.6 Å². The fourth-order valence-electron chi connectivity index (χ4n) is 2.73. The molecule has 2 nitrogen and oxygen atoms in total. The number of hydrogen-bond donors (Lipinski definition) is 0. The number of rotatable bonds is 9. The highest BCUT2D eigenvalue weighted by atomic mass is 15.2. The van der Waals surface area contributed by atoms with E-state index in [-0.39, 0.29) is 0 Å². The Hall–Kier alpha value is -0.790. The van der Waals surface area contributed by atoms with Gasteiger partial charge in [-0.05, 0) is 18.8 Å². The van der Waals surface area contributed by atoms with E-state index in [1.165, 1.54) is 50.6 Å². The minimum Gasteiger partial charge on any atom is -0.335 e. The van der Waals surface area contributed by atoms with Crippen LogP contribution in [-0.2, 0) is 0 Å². The molecule has 1 heterocycles. The SMILES string of the molecule is CCCCCCCCC(C)(C)C=C(C)N1C=NCC1. The summed E-state index contributed by atoms with van der Waals surface area (Å²) in [5.41, 5.74) is 1.67. The summed E-state index contributed by atoms with van der Waals surface area (Å²) in [6.07, 6.45) is 14.0. The molecular formula is C17H32N2. The van der Waals surface area contributed by atoms with E-state index in [1.54, 1.807) is 0 Å². The largest absolute Gasteiger partial charge is 0.335 e. The second-order valence-corrected chi connectivity index (χ2v) is 6.51. The van der Waals surface area contributed by atoms with Crippen molar-refractivity contribution in [3.05, 3.63) is 11.8 Å². The van der Waals surface area contributed by atoms with Gasteiger partial charge in [0.15, 0.2) is 0 Å². The topological polar surface area (TPSA) is 15.6 Å². The average molecular weight is 264 g/mol. The molecule has 0 N–H and O–H groups in total. The van der Waals surface area contributed by atoms with E-state index in [2.05, 4.69) is 43.7 Å². The average Bonchev–Trinajstić information content (AvgIpc) is 2.87. The van der Waals surface area contributed by atoms with Gasteiger partial charge in [0.25, 0.3) is 0 Å². The third-order valence-electron chi connectivity index (χ3n) is 3.92. The second kappa shape index (κ2) is 8.39. The van der Waals surface area contributed by atoms with Crippen molar-refractivity contribution in [3.8, 4) is 0 Å². The van der Waals surface area contributed by atoms with E-state index in [0.717, 1.165) is 13.1 Å². The highest BCUT2D eigenvalue weighted by Gasteiger charge is 2.16. The van der Waals surface area contributed by atoms with Crippen LogP contribution in [0.25, 0.3) is 0 Å². The van der Waals surface area contributed by atoms with Crippen LogP contribution in [0.3, 0.4) is 0 Å². The Morgan fingerprint density at radius 2 is 1.89 bits per heavy atom. The van der Waals surface area contributed by atoms with Crippen LogP contribution in [0.2, 0.25) is 0 Å². The quantitative estimate of drug-likeness (QED) is 0.534. The first-order chi connectivity index (χ1) is 9.05. The van der Waals surface area contributed by atoms with Crippen molar-refractivity contribution in [1.82, 2.24) is 4.90 Å². The van der Waals surface area contributed by atoms with Gasteiger partial charge in [0.1, 0.15) is 0 Å². The molecule has 0 aromatic carbocycles. The summed E-state index contributed by atoms with van der Waals surface area (Å²) in [4.78, 5) is 6.55. The Bertz CT molecular complexity index is 302. The van der Waals surface area contributed by atoms with E-state index < -0.39 is 0 Å². The normalized spacial score (nSPS) is 16.4. The first-order valence-electron chi connectivity index (χ1n) is 8.01. The third kappa shape index (κ3) is 6.79. The Morgan fingerprint density at radius 1 is 1.21 bits per heavy atom. The fourth-order valence-corrected chi connectivity index (χ4v) is 2.73. The molecule has 0 aromatic rings. The molecule has 0 saturated carbocycles. The second-order valence-electron chi connectivity index (χ2n) is 6.51. The van der Waals surface area contributed by atoms with Crippen LogP contribution in [-0.4, -0.2) is 24.3 Å². The highest BCUT2D eigenvalue weighted by Crippen LogP contribution is 2.28. The van der Waals surface area contributed by atoms with Crippen molar-refractivity contribution in [2.75, 3.05) is 13.1 Å². The molecule has 0 aliphatic carbocycles. The summed E-state index contributed by atoms with van der Waals surface area (Å²) in [5, 5.41) is 0. The highest BCUT2D eigenvalue weighted by molar-refractivity contribution is 5.60. The van der Waals surface area contributed by atoms with E-state index >= 15 is 0 Å². The standard InChI is InChI=1S/C17H32N2/c1-5-6-7-8-9-10-11-17(3,4)14-16(2)19-13-12-18-15-19/h14-15H,5-13H2,1-4H3. The lowest BCUT2D eigenvalue weighted by Crippen LogP contribution is -2.20. The molecule has 0 unspecified atom stereocenters. The maximum absolute atomic E-state index is 4.28. The van der Waals surface area contributed by atoms with Crippen LogP contribution >= 0.6 is 0 Å². The Kier molecular flexibility index (Phi) is 7.19. The van der Waals surface area contributed by atoms with Gasteiger partial charge in [-0.3, -0.25) is 4.99 Å². The summed E-state index contributed by atoms with van der Waals surface area (Å²) in [6, 6.07) is 0. The van der Waals surface area contributed by atoms with Crippen molar-refractivity contribution < 1.29 is 0 Å². The van der Waals surface area contributed by atoms with Crippen LogP contribution in [0.15, 0.2) is 16.8 Å². The van der Waals surface area contributed by atoms with Crippen LogP contribution < -0.4 is 0 Å². The Balaban J connectivity index is 2.26. The van der Waals surface area contributed by atoms with Crippen LogP contribution in [0.1, 0.15) is 72.6 Å². The van der Waals surface area contributed by atoms with Gasteiger partial charge in [-0.1, -0.05) is 65.4 Å².